The van der Waals surface area contributed by atoms with E-state index in [0.29, 0.717) is 9.92 Å². The Morgan fingerprint density at radius 3 is 2.73 bits per heavy atom. The molecule has 1 nitrogen and oxygen atoms in total. The summed E-state index contributed by atoms with van der Waals surface area (Å²) in [4.78, 5) is 0.502. The van der Waals surface area contributed by atoms with E-state index in [9.17, 15) is 4.39 Å². The minimum atomic E-state index is -0.333. The average Bonchev–Trinajstić information content (AvgIpc) is 1.95. The average molecular weight is 210 g/mol. The molecule has 0 aliphatic rings. The summed E-state index contributed by atoms with van der Waals surface area (Å²) in [6.45, 7) is 0. The van der Waals surface area contributed by atoms with Crippen molar-refractivity contribution in [1.29, 1.82) is 0 Å². The first-order chi connectivity index (χ1) is 5.24. The Morgan fingerprint density at radius 1 is 1.45 bits per heavy atom. The summed E-state index contributed by atoms with van der Waals surface area (Å²) < 4.78 is 12.9. The summed E-state index contributed by atoms with van der Waals surface area (Å²) in [5.41, 5.74) is 0. The van der Waals surface area contributed by atoms with E-state index in [0.717, 1.165) is 11.0 Å². The second-order valence-corrected chi connectivity index (χ2v) is 4.07. The lowest BCUT2D eigenvalue weighted by Gasteiger charge is -1.98. The first-order valence-electron chi connectivity index (χ1n) is 2.72. The highest BCUT2D eigenvalue weighted by Gasteiger charge is 2.01. The number of benzene rings is 1. The van der Waals surface area contributed by atoms with Gasteiger partial charge in [-0.25, -0.2) is 4.39 Å². The first-order valence-corrected chi connectivity index (χ1v) is 5.31. The number of halogens is 2. The van der Waals surface area contributed by atoms with Gasteiger partial charge in [-0.05, 0) is 40.0 Å². The SMILES string of the molecule is NSSc1ccc(Cl)cc1F. The van der Waals surface area contributed by atoms with Crippen LogP contribution in [0.4, 0.5) is 4.39 Å². The first kappa shape index (κ1) is 9.19. The lowest BCUT2D eigenvalue weighted by molar-refractivity contribution is 0.602. The highest BCUT2D eigenvalue weighted by atomic mass is 35.5. The maximum absolute atomic E-state index is 12.9. The van der Waals surface area contributed by atoms with E-state index in [1.165, 1.54) is 16.9 Å². The summed E-state index contributed by atoms with van der Waals surface area (Å²) in [5, 5.41) is 5.54. The van der Waals surface area contributed by atoms with E-state index in [1.54, 1.807) is 12.1 Å². The predicted molar refractivity (Wildman–Crippen MR) is 49.0 cm³/mol. The molecule has 0 fully saturated rings. The van der Waals surface area contributed by atoms with E-state index in [4.69, 9.17) is 16.7 Å². The van der Waals surface area contributed by atoms with Gasteiger partial charge in [-0.15, -0.1) is 0 Å². The molecule has 0 saturated carbocycles. The maximum atomic E-state index is 12.9. The molecule has 5 heteroatoms. The van der Waals surface area contributed by atoms with Crippen molar-refractivity contribution in [3.8, 4) is 0 Å². The molecular weight excluding hydrogens is 205 g/mol. The zero-order chi connectivity index (χ0) is 8.27. The van der Waals surface area contributed by atoms with Crippen molar-refractivity contribution in [2.75, 3.05) is 0 Å². The standard InChI is InChI=1S/C6H5ClFNS2/c7-4-1-2-6(10-11-9)5(8)3-4/h1-3H,9H2. The fourth-order valence-electron chi connectivity index (χ4n) is 0.595. The third-order valence-corrected chi connectivity index (χ3v) is 2.70. The van der Waals surface area contributed by atoms with E-state index in [2.05, 4.69) is 0 Å². The van der Waals surface area contributed by atoms with E-state index >= 15 is 0 Å². The van der Waals surface area contributed by atoms with Gasteiger partial charge >= 0.3 is 0 Å². The van der Waals surface area contributed by atoms with E-state index in [-0.39, 0.29) is 5.82 Å². The van der Waals surface area contributed by atoms with Crippen LogP contribution in [0.5, 0.6) is 0 Å². The van der Waals surface area contributed by atoms with Gasteiger partial charge in [-0.1, -0.05) is 11.6 Å². The quantitative estimate of drug-likeness (QED) is 0.599. The Bertz CT molecular complexity index is 256. The molecule has 11 heavy (non-hydrogen) atoms. The molecular formula is C6H5ClFNS2. The maximum Gasteiger partial charge on any atom is 0.139 e. The van der Waals surface area contributed by atoms with Crippen molar-refractivity contribution in [3.63, 3.8) is 0 Å². The third-order valence-electron chi connectivity index (χ3n) is 1.03. The number of hydrogen-bond donors (Lipinski definition) is 1. The fraction of sp³-hybridized carbons (Fsp3) is 0. The molecule has 0 unspecified atom stereocenters. The second kappa shape index (κ2) is 4.21. The molecule has 60 valence electrons. The molecule has 0 aliphatic heterocycles. The molecule has 0 aromatic heterocycles. The van der Waals surface area contributed by atoms with Crippen molar-refractivity contribution in [2.45, 2.75) is 4.90 Å². The number of rotatable bonds is 2. The molecule has 0 atom stereocenters. The molecule has 0 amide bonds. The molecule has 0 bridgehead atoms. The Kier molecular flexibility index (Phi) is 3.51. The topological polar surface area (TPSA) is 26.0 Å². The lowest BCUT2D eigenvalue weighted by Crippen LogP contribution is -1.79. The smallest absolute Gasteiger partial charge is 0.139 e. The van der Waals surface area contributed by atoms with Gasteiger partial charge in [0.05, 0.1) is 4.90 Å². The normalized spacial score (nSPS) is 10.1. The van der Waals surface area contributed by atoms with Crippen molar-refractivity contribution < 1.29 is 4.39 Å². The van der Waals surface area contributed by atoms with Crippen LogP contribution < -0.4 is 5.14 Å². The predicted octanol–water partition coefficient (Wildman–Crippen LogP) is 3.09. The van der Waals surface area contributed by atoms with E-state index in [1.807, 2.05) is 0 Å². The van der Waals surface area contributed by atoms with Crippen LogP contribution in [0.25, 0.3) is 0 Å². The lowest BCUT2D eigenvalue weighted by atomic mass is 10.3. The summed E-state index contributed by atoms with van der Waals surface area (Å²) in [5.74, 6) is -0.333. The van der Waals surface area contributed by atoms with E-state index < -0.39 is 0 Å². The fourth-order valence-corrected chi connectivity index (χ4v) is 1.84. The van der Waals surface area contributed by atoms with Crippen LogP contribution >= 0.6 is 33.4 Å². The molecule has 0 saturated heterocycles. The molecule has 0 radical (unpaired) electrons. The minimum Gasteiger partial charge on any atom is -0.268 e. The van der Waals surface area contributed by atoms with Gasteiger partial charge in [0.1, 0.15) is 5.82 Å². The van der Waals surface area contributed by atoms with Crippen LogP contribution in [0.15, 0.2) is 23.1 Å². The Labute approximate surface area is 77.0 Å². The van der Waals surface area contributed by atoms with Crippen molar-refractivity contribution >= 4 is 33.4 Å². The molecule has 2 N–H and O–H groups in total. The Morgan fingerprint density at radius 2 is 2.18 bits per heavy atom. The van der Waals surface area contributed by atoms with Gasteiger partial charge < -0.3 is 0 Å². The van der Waals surface area contributed by atoms with Crippen LogP contribution in [0.2, 0.25) is 5.02 Å². The third kappa shape index (κ3) is 2.56. The van der Waals surface area contributed by atoms with Crippen LogP contribution in [-0.2, 0) is 0 Å². The molecule has 0 heterocycles. The number of nitrogens with two attached hydrogens (primary N) is 1. The molecule has 0 aliphatic carbocycles. The second-order valence-electron chi connectivity index (χ2n) is 1.75. The van der Waals surface area contributed by atoms with Gasteiger partial charge in [0, 0.05) is 5.02 Å². The molecule has 1 rings (SSSR count). The largest absolute Gasteiger partial charge is 0.268 e. The van der Waals surface area contributed by atoms with Crippen molar-refractivity contribution in [1.82, 2.24) is 0 Å². The highest BCUT2D eigenvalue weighted by Crippen LogP contribution is 2.29. The van der Waals surface area contributed by atoms with Gasteiger partial charge in [-0.2, -0.15) is 0 Å². The zero-order valence-corrected chi connectivity index (χ0v) is 7.77. The van der Waals surface area contributed by atoms with Gasteiger partial charge in [0.15, 0.2) is 0 Å². The Balaban J connectivity index is 2.90. The molecule has 1 aromatic rings. The van der Waals surface area contributed by atoms with Crippen LogP contribution in [0.3, 0.4) is 0 Å². The number of hydrogen-bond acceptors (Lipinski definition) is 3. The summed E-state index contributed by atoms with van der Waals surface area (Å²) in [7, 11) is 2.18. The summed E-state index contributed by atoms with van der Waals surface area (Å²) >= 11 is 5.53. The van der Waals surface area contributed by atoms with Crippen LogP contribution in [-0.4, -0.2) is 0 Å². The zero-order valence-electron chi connectivity index (χ0n) is 5.38. The monoisotopic (exact) mass is 209 g/mol. The van der Waals surface area contributed by atoms with Gasteiger partial charge in [0.25, 0.3) is 0 Å². The van der Waals surface area contributed by atoms with Gasteiger partial charge in [0.2, 0.25) is 0 Å². The summed E-state index contributed by atoms with van der Waals surface area (Å²) in [6, 6.07) is 4.49. The molecule has 1 aromatic carbocycles. The van der Waals surface area contributed by atoms with Gasteiger partial charge in [-0.3, -0.25) is 5.14 Å². The highest BCUT2D eigenvalue weighted by molar-refractivity contribution is 8.75. The van der Waals surface area contributed by atoms with Crippen molar-refractivity contribution in [3.05, 3.63) is 29.0 Å². The van der Waals surface area contributed by atoms with Crippen molar-refractivity contribution in [2.24, 2.45) is 5.14 Å². The van der Waals surface area contributed by atoms with Crippen LogP contribution in [0, 0.1) is 5.82 Å². The Hall–Kier alpha value is 0.1000. The van der Waals surface area contributed by atoms with Crippen LogP contribution in [0.1, 0.15) is 0 Å². The summed E-state index contributed by atoms with van der Waals surface area (Å²) in [6.07, 6.45) is 0. The molecule has 0 spiro atoms. The minimum absolute atomic E-state index is 0.333.